The van der Waals surface area contributed by atoms with E-state index in [1.54, 1.807) is 65.2 Å². The van der Waals surface area contributed by atoms with Gasteiger partial charge in [-0.2, -0.15) is 0 Å². The maximum absolute atomic E-state index is 15.0. The molecule has 1 amide bonds. The molecule has 0 radical (unpaired) electrons. The summed E-state index contributed by atoms with van der Waals surface area (Å²) in [5, 5.41) is 1.39. The monoisotopic (exact) mass is 535 g/mol. The van der Waals surface area contributed by atoms with Crippen molar-refractivity contribution in [2.45, 2.75) is 12.5 Å². The molecule has 0 unspecified atom stereocenters. The maximum atomic E-state index is 15.0. The van der Waals surface area contributed by atoms with Gasteiger partial charge >= 0.3 is 0 Å². The average molecular weight is 536 g/mol. The molecular weight excluding hydrogens is 513 g/mol. The number of carbonyl (C=O) groups excluding carboxylic acids is 2. The number of benzene rings is 4. The number of fused-ring (bicyclic) bond motifs is 2. The number of halogens is 2. The Morgan fingerprint density at radius 3 is 2.33 bits per heavy atom. The molecule has 0 aliphatic carbocycles. The van der Waals surface area contributed by atoms with Gasteiger partial charge in [0.1, 0.15) is 11.9 Å². The van der Waals surface area contributed by atoms with Gasteiger partial charge in [0.25, 0.3) is 11.8 Å². The fourth-order valence-electron chi connectivity index (χ4n) is 5.11. The summed E-state index contributed by atoms with van der Waals surface area (Å²) in [6, 6.07) is 27.3. The van der Waals surface area contributed by atoms with Crippen LogP contribution < -0.4 is 4.90 Å². The molecule has 192 valence electrons. The highest BCUT2D eigenvalue weighted by Gasteiger charge is 2.31. The number of carbonyl (C=O) groups is 2. The van der Waals surface area contributed by atoms with E-state index in [-0.39, 0.29) is 18.2 Å². The zero-order valence-electron chi connectivity index (χ0n) is 21.0. The summed E-state index contributed by atoms with van der Waals surface area (Å²) < 4.78 is 16.6. The van der Waals surface area contributed by atoms with Crippen molar-refractivity contribution in [2.75, 3.05) is 11.9 Å². The number of aromatic nitrogens is 1. The molecule has 0 bridgehead atoms. The molecule has 0 saturated heterocycles. The summed E-state index contributed by atoms with van der Waals surface area (Å²) in [6.07, 6.45) is 2.00. The smallest absolute Gasteiger partial charge is 0.262 e. The van der Waals surface area contributed by atoms with Gasteiger partial charge in [-0.1, -0.05) is 60.1 Å². The normalized spacial score (nSPS) is 15.2. The molecule has 39 heavy (non-hydrogen) atoms. The van der Waals surface area contributed by atoms with E-state index in [0.717, 1.165) is 16.5 Å². The largest absolute Gasteiger partial charge is 0.313 e. The van der Waals surface area contributed by atoms with Crippen LogP contribution in [0.25, 0.3) is 10.9 Å². The van der Waals surface area contributed by atoms with Crippen LogP contribution in [-0.4, -0.2) is 35.2 Å². The van der Waals surface area contributed by atoms with Crippen molar-refractivity contribution in [1.82, 2.24) is 4.57 Å². The van der Waals surface area contributed by atoms with Crippen molar-refractivity contribution >= 4 is 45.7 Å². The summed E-state index contributed by atoms with van der Waals surface area (Å²) in [5.41, 5.74) is 4.11. The molecule has 1 atom stereocenters. The summed E-state index contributed by atoms with van der Waals surface area (Å²) in [6.45, 7) is 0. The second-order valence-corrected chi connectivity index (χ2v) is 9.88. The number of benzodiazepines with no additional fused rings is 1. The molecule has 0 spiro atoms. The molecule has 0 N–H and O–H groups in total. The third-order valence-electron chi connectivity index (χ3n) is 7.07. The van der Waals surface area contributed by atoms with E-state index < -0.39 is 11.9 Å². The van der Waals surface area contributed by atoms with Crippen LogP contribution in [0.5, 0.6) is 0 Å². The zero-order valence-corrected chi connectivity index (χ0v) is 21.8. The number of para-hydroxylation sites is 2. The highest BCUT2D eigenvalue weighted by Crippen LogP contribution is 2.31. The Balaban J connectivity index is 1.47. The highest BCUT2D eigenvalue weighted by atomic mass is 35.5. The van der Waals surface area contributed by atoms with Crippen LogP contribution in [0, 0.1) is 5.82 Å². The first-order valence-electron chi connectivity index (χ1n) is 12.5. The first kappa shape index (κ1) is 24.8. The molecule has 0 fully saturated rings. The van der Waals surface area contributed by atoms with Gasteiger partial charge in [0.2, 0.25) is 0 Å². The Morgan fingerprint density at radius 1 is 0.897 bits per heavy atom. The van der Waals surface area contributed by atoms with Crippen molar-refractivity contribution in [1.29, 1.82) is 0 Å². The Kier molecular flexibility index (Phi) is 6.33. The fourth-order valence-corrected chi connectivity index (χ4v) is 5.24. The van der Waals surface area contributed by atoms with Gasteiger partial charge < -0.3 is 4.90 Å². The van der Waals surface area contributed by atoms with Crippen molar-refractivity contribution in [3.8, 4) is 0 Å². The van der Waals surface area contributed by atoms with E-state index >= 15 is 4.39 Å². The van der Waals surface area contributed by atoms with E-state index in [9.17, 15) is 9.59 Å². The van der Waals surface area contributed by atoms with E-state index in [4.69, 9.17) is 16.6 Å². The molecule has 1 aromatic heterocycles. The van der Waals surface area contributed by atoms with E-state index in [2.05, 4.69) is 0 Å². The van der Waals surface area contributed by atoms with Gasteiger partial charge in [-0.05, 0) is 54.1 Å². The first-order chi connectivity index (χ1) is 18.9. The molecular formula is C32H23ClFN3O2. The van der Waals surface area contributed by atoms with Gasteiger partial charge in [-0.25, -0.2) is 4.39 Å². The molecule has 2 heterocycles. The quantitative estimate of drug-likeness (QED) is 0.262. The predicted octanol–water partition coefficient (Wildman–Crippen LogP) is 6.55. The summed E-state index contributed by atoms with van der Waals surface area (Å²) in [7, 11) is 1.71. The molecule has 5 nitrogen and oxygen atoms in total. The number of hydrogen-bond donors (Lipinski definition) is 0. The minimum absolute atomic E-state index is 0.207. The average Bonchev–Trinajstić information content (AvgIpc) is 3.29. The van der Waals surface area contributed by atoms with Gasteiger partial charge in [0, 0.05) is 46.8 Å². The summed E-state index contributed by atoms with van der Waals surface area (Å²) >= 11 is 6.02. The number of likely N-dealkylation sites (N-methyl/N-ethyl adjacent to an activating group) is 1. The van der Waals surface area contributed by atoms with Crippen LogP contribution in [0.2, 0.25) is 5.02 Å². The second-order valence-electron chi connectivity index (χ2n) is 9.45. The lowest BCUT2D eigenvalue weighted by atomic mass is 9.99. The SMILES string of the molecule is CN1C(=O)[C@@H](Cc2cn(C(=O)c3ccc(Cl)cc3)c3ccccc23)N=C(c2ccccc2F)c2ccccc21. The molecule has 1 aliphatic heterocycles. The third kappa shape index (κ3) is 4.43. The van der Waals surface area contributed by atoms with Crippen molar-refractivity contribution in [2.24, 2.45) is 4.99 Å². The Hall–Kier alpha value is -4.55. The Bertz CT molecular complexity index is 1770. The lowest BCUT2D eigenvalue weighted by Crippen LogP contribution is -2.36. The summed E-state index contributed by atoms with van der Waals surface area (Å²) in [4.78, 5) is 33.6. The Morgan fingerprint density at radius 2 is 1.56 bits per heavy atom. The molecule has 7 heteroatoms. The van der Waals surface area contributed by atoms with Gasteiger partial charge in [-0.15, -0.1) is 0 Å². The molecule has 1 aliphatic rings. The van der Waals surface area contributed by atoms with Gasteiger partial charge in [0.05, 0.1) is 16.9 Å². The predicted molar refractivity (Wildman–Crippen MR) is 153 cm³/mol. The topological polar surface area (TPSA) is 54.7 Å². The number of aliphatic imine (C=N–C) groups is 1. The zero-order chi connectivity index (χ0) is 27.1. The molecule has 0 saturated carbocycles. The van der Waals surface area contributed by atoms with Crippen LogP contribution in [0.15, 0.2) is 108 Å². The van der Waals surface area contributed by atoms with Crippen molar-refractivity contribution < 1.29 is 14.0 Å². The number of rotatable bonds is 4. The fraction of sp³-hybridized carbons (Fsp3) is 0.0938. The minimum Gasteiger partial charge on any atom is -0.313 e. The molecule has 4 aromatic carbocycles. The lowest BCUT2D eigenvalue weighted by molar-refractivity contribution is -0.119. The standard InChI is InChI=1S/C32H23ClFN3O2/c1-36-28-12-6-4-10-25(28)30(24-9-2-5-11-26(24)34)35-27(32(36)39)18-21-19-37(29-13-7-3-8-23(21)29)31(38)20-14-16-22(33)17-15-20/h2-17,19,27H,18H2,1H3/t27-/m1/s1. The first-order valence-corrected chi connectivity index (χ1v) is 12.9. The van der Waals surface area contributed by atoms with Crippen molar-refractivity contribution in [3.05, 3.63) is 136 Å². The highest BCUT2D eigenvalue weighted by molar-refractivity contribution is 6.30. The van der Waals surface area contributed by atoms with E-state index in [1.807, 2.05) is 48.5 Å². The van der Waals surface area contributed by atoms with Crippen LogP contribution in [0.1, 0.15) is 27.0 Å². The number of amides is 1. The number of hydrogen-bond acceptors (Lipinski definition) is 3. The molecule has 6 rings (SSSR count). The summed E-state index contributed by atoms with van der Waals surface area (Å²) in [5.74, 6) is -0.831. The van der Waals surface area contributed by atoms with Crippen LogP contribution >= 0.6 is 11.6 Å². The number of nitrogens with zero attached hydrogens (tertiary/aromatic N) is 3. The third-order valence-corrected chi connectivity index (χ3v) is 7.32. The second kappa shape index (κ2) is 9.97. The van der Waals surface area contributed by atoms with Crippen LogP contribution in [0.4, 0.5) is 10.1 Å². The minimum atomic E-state index is -0.832. The maximum Gasteiger partial charge on any atom is 0.262 e. The van der Waals surface area contributed by atoms with E-state index in [1.165, 1.54) is 6.07 Å². The van der Waals surface area contributed by atoms with Gasteiger partial charge in [-0.3, -0.25) is 19.1 Å². The van der Waals surface area contributed by atoms with E-state index in [0.29, 0.717) is 33.1 Å². The Labute approximate surface area is 229 Å². The van der Waals surface area contributed by atoms with Crippen LogP contribution in [0.3, 0.4) is 0 Å². The number of anilines is 1. The molecule has 5 aromatic rings. The lowest BCUT2D eigenvalue weighted by Gasteiger charge is -2.20. The van der Waals surface area contributed by atoms with Gasteiger partial charge in [0.15, 0.2) is 0 Å². The van der Waals surface area contributed by atoms with Crippen molar-refractivity contribution in [3.63, 3.8) is 0 Å². The van der Waals surface area contributed by atoms with Crippen LogP contribution in [-0.2, 0) is 11.2 Å².